The van der Waals surface area contributed by atoms with E-state index < -0.39 is 14.7 Å². The second-order valence-electron chi connectivity index (χ2n) is 1.31. The van der Waals surface area contributed by atoms with Crippen molar-refractivity contribution in [3.05, 3.63) is 11.5 Å². The zero-order valence-electron chi connectivity index (χ0n) is 4.38. The minimum Gasteiger partial charge on any atom is -0.223 e. The third-order valence-electron chi connectivity index (χ3n) is 0.572. The molecule has 8 heavy (non-hydrogen) atoms. The zero-order valence-corrected chi connectivity index (χ0v) is 5.20. The molecule has 3 nitrogen and oxygen atoms in total. The summed E-state index contributed by atoms with van der Waals surface area (Å²) in [7, 11) is -3.31. The first-order chi connectivity index (χ1) is 3.48. The zero-order chi connectivity index (χ0) is 6.78. The molecule has 0 aliphatic carbocycles. The topological polar surface area (TPSA) is 57.9 Å². The molecule has 4 heteroatoms. The first-order valence-corrected chi connectivity index (χ1v) is 3.66. The van der Waals surface area contributed by atoms with Crippen LogP contribution in [-0.4, -0.2) is 14.7 Å². The molecule has 0 saturated heterocycles. The maximum Gasteiger partial charge on any atom is 0.184 e. The number of hydrogen-bond acceptors (Lipinski definition) is 3. The van der Waals surface area contributed by atoms with Gasteiger partial charge in [-0.2, -0.15) is 5.26 Å². The summed E-state index contributed by atoms with van der Waals surface area (Å²) in [4.78, 5) is -0.391. The van der Waals surface area contributed by atoms with E-state index in [1.165, 1.54) is 6.07 Å². The Balaban J connectivity index is 4.62. The van der Waals surface area contributed by atoms with Gasteiger partial charge in [-0.15, -0.1) is 0 Å². The number of hydrogen-bond donors (Lipinski definition) is 0. The van der Waals surface area contributed by atoms with E-state index in [0.29, 0.717) is 0 Å². The van der Waals surface area contributed by atoms with E-state index in [9.17, 15) is 8.42 Å². The molecule has 0 bridgehead atoms. The molecule has 0 aromatic carbocycles. The van der Waals surface area contributed by atoms with Gasteiger partial charge in [-0.3, -0.25) is 0 Å². The first-order valence-electron chi connectivity index (χ1n) is 1.77. The number of allylic oxidation sites excluding steroid dienone is 1. The van der Waals surface area contributed by atoms with Crippen molar-refractivity contribution in [2.45, 2.75) is 0 Å². The largest absolute Gasteiger partial charge is 0.223 e. The van der Waals surface area contributed by atoms with Gasteiger partial charge in [0.15, 0.2) is 9.84 Å². The monoisotopic (exact) mass is 131 g/mol. The van der Waals surface area contributed by atoms with Crippen LogP contribution >= 0.6 is 0 Å². The van der Waals surface area contributed by atoms with Gasteiger partial charge in [0.1, 0.15) is 11.0 Å². The van der Waals surface area contributed by atoms with Gasteiger partial charge >= 0.3 is 0 Å². The third-order valence-corrected chi connectivity index (χ3v) is 1.56. The fourth-order valence-electron chi connectivity index (χ4n) is 0.0829. The molecule has 0 saturated carbocycles. The molecule has 44 valence electrons. The van der Waals surface area contributed by atoms with Crippen LogP contribution in [0.3, 0.4) is 0 Å². The van der Waals surface area contributed by atoms with Gasteiger partial charge in [-0.05, 0) is 0 Å². The molecule has 0 rings (SSSR count). The van der Waals surface area contributed by atoms with Crippen molar-refractivity contribution in [2.75, 3.05) is 6.26 Å². The summed E-state index contributed by atoms with van der Waals surface area (Å²) in [5.41, 5.74) is 0. The van der Waals surface area contributed by atoms with Gasteiger partial charge in [0.2, 0.25) is 0 Å². The molecule has 0 heterocycles. The Morgan fingerprint density at radius 3 is 2.12 bits per heavy atom. The van der Waals surface area contributed by atoms with E-state index in [0.717, 1.165) is 6.26 Å². The number of rotatable bonds is 1. The lowest BCUT2D eigenvalue weighted by molar-refractivity contribution is 0.608. The first kappa shape index (κ1) is 7.18. The van der Waals surface area contributed by atoms with Gasteiger partial charge in [-0.25, -0.2) is 8.42 Å². The normalized spacial score (nSPS) is 10.0. The summed E-state index contributed by atoms with van der Waals surface area (Å²) in [6.45, 7) is 3.00. The molecule has 0 atom stereocenters. The minimum atomic E-state index is -3.31. The number of sulfone groups is 1. The van der Waals surface area contributed by atoms with E-state index in [-0.39, 0.29) is 0 Å². The van der Waals surface area contributed by atoms with Crippen molar-refractivity contribution >= 4 is 9.84 Å². The summed E-state index contributed by atoms with van der Waals surface area (Å²) in [6.07, 6.45) is 0.943. The fourth-order valence-corrected chi connectivity index (χ4v) is 0.249. The Bertz CT molecular complexity index is 231. The van der Waals surface area contributed by atoms with Crippen molar-refractivity contribution in [2.24, 2.45) is 0 Å². The Labute approximate surface area is 48.2 Å². The molecule has 0 fully saturated rings. The fraction of sp³-hybridized carbons (Fsp3) is 0.250. The van der Waals surface area contributed by atoms with Gasteiger partial charge in [0, 0.05) is 6.26 Å². The number of nitrogens with zero attached hydrogens (tertiary/aromatic N) is 1. The standard InChI is InChI=1S/C4H5NO2S/c1-4(3-5)8(2,6)7/h1H2,2H3. The quantitative estimate of drug-likeness (QED) is 0.473. The van der Waals surface area contributed by atoms with Gasteiger partial charge < -0.3 is 0 Å². The molecule has 0 unspecified atom stereocenters. The van der Waals surface area contributed by atoms with Crippen LogP contribution in [0.2, 0.25) is 0 Å². The van der Waals surface area contributed by atoms with Crippen LogP contribution in [0.15, 0.2) is 11.5 Å². The molecule has 0 aromatic rings. The molecular weight excluding hydrogens is 126 g/mol. The van der Waals surface area contributed by atoms with E-state index in [1.807, 2.05) is 0 Å². The highest BCUT2D eigenvalue weighted by molar-refractivity contribution is 7.94. The predicted octanol–water partition coefficient (Wildman–Crippen LogP) is 0.0683. The SMILES string of the molecule is C=C(C#N)S(C)(=O)=O. The van der Waals surface area contributed by atoms with Crippen molar-refractivity contribution in [1.82, 2.24) is 0 Å². The van der Waals surface area contributed by atoms with E-state index in [4.69, 9.17) is 5.26 Å². The van der Waals surface area contributed by atoms with Crippen molar-refractivity contribution < 1.29 is 8.42 Å². The van der Waals surface area contributed by atoms with Crippen LogP contribution in [0.5, 0.6) is 0 Å². The molecule has 0 N–H and O–H groups in total. The van der Waals surface area contributed by atoms with Gasteiger partial charge in [0.05, 0.1) is 0 Å². The smallest absolute Gasteiger partial charge is 0.184 e. The van der Waals surface area contributed by atoms with E-state index in [1.54, 1.807) is 0 Å². The predicted molar refractivity (Wildman–Crippen MR) is 29.6 cm³/mol. The maximum atomic E-state index is 10.2. The highest BCUT2D eigenvalue weighted by atomic mass is 32.2. The summed E-state index contributed by atoms with van der Waals surface area (Å²) in [5, 5.41) is 7.94. The molecule has 0 amide bonds. The number of nitriles is 1. The van der Waals surface area contributed by atoms with Crippen LogP contribution in [-0.2, 0) is 9.84 Å². The second-order valence-corrected chi connectivity index (χ2v) is 3.34. The maximum absolute atomic E-state index is 10.2. The van der Waals surface area contributed by atoms with E-state index >= 15 is 0 Å². The summed E-state index contributed by atoms with van der Waals surface area (Å²) in [5.74, 6) is 0. The third kappa shape index (κ3) is 1.76. The van der Waals surface area contributed by atoms with Gasteiger partial charge in [0.25, 0.3) is 0 Å². The minimum absolute atomic E-state index is 0.391. The highest BCUT2D eigenvalue weighted by Gasteiger charge is 2.04. The van der Waals surface area contributed by atoms with Crippen LogP contribution in [0.1, 0.15) is 0 Å². The second kappa shape index (κ2) is 1.97. The Morgan fingerprint density at radius 1 is 1.75 bits per heavy atom. The van der Waals surface area contributed by atoms with Crippen molar-refractivity contribution in [1.29, 1.82) is 5.26 Å². The molecule has 0 aliphatic heterocycles. The van der Waals surface area contributed by atoms with Crippen LogP contribution in [0.4, 0.5) is 0 Å². The lowest BCUT2D eigenvalue weighted by Gasteiger charge is -1.84. The molecule has 0 aliphatic rings. The van der Waals surface area contributed by atoms with Crippen molar-refractivity contribution in [3.8, 4) is 6.07 Å². The lowest BCUT2D eigenvalue weighted by atomic mass is 10.7. The highest BCUT2D eigenvalue weighted by Crippen LogP contribution is 1.95. The molecular formula is C4H5NO2S. The Hall–Kier alpha value is -0.820. The Morgan fingerprint density at radius 2 is 2.12 bits per heavy atom. The van der Waals surface area contributed by atoms with E-state index in [2.05, 4.69) is 6.58 Å². The summed E-state index contributed by atoms with van der Waals surface area (Å²) < 4.78 is 20.5. The average Bonchev–Trinajstić information content (AvgIpc) is 1.62. The summed E-state index contributed by atoms with van der Waals surface area (Å²) in [6, 6.07) is 1.42. The van der Waals surface area contributed by atoms with Crippen LogP contribution in [0, 0.1) is 11.3 Å². The molecule has 0 aromatic heterocycles. The Kier molecular flexibility index (Phi) is 1.77. The summed E-state index contributed by atoms with van der Waals surface area (Å²) >= 11 is 0. The van der Waals surface area contributed by atoms with Crippen molar-refractivity contribution in [3.63, 3.8) is 0 Å². The molecule has 0 spiro atoms. The van der Waals surface area contributed by atoms with Crippen LogP contribution in [0.25, 0.3) is 0 Å². The lowest BCUT2D eigenvalue weighted by Crippen LogP contribution is -1.95. The van der Waals surface area contributed by atoms with Gasteiger partial charge in [-0.1, -0.05) is 6.58 Å². The van der Waals surface area contributed by atoms with Crippen LogP contribution < -0.4 is 0 Å². The average molecular weight is 131 g/mol. The molecule has 0 radical (unpaired) electrons.